The van der Waals surface area contributed by atoms with Crippen molar-refractivity contribution in [3.8, 4) is 0 Å². The molecule has 0 aliphatic heterocycles. The Balaban J connectivity index is 2.26. The van der Waals surface area contributed by atoms with Gasteiger partial charge in [-0.3, -0.25) is 10.1 Å². The molecule has 1 N–H and O–H groups in total. The van der Waals surface area contributed by atoms with Gasteiger partial charge in [0.15, 0.2) is 0 Å². The fourth-order valence-corrected chi connectivity index (χ4v) is 2.26. The van der Waals surface area contributed by atoms with E-state index in [9.17, 15) is 0 Å². The van der Waals surface area contributed by atoms with Gasteiger partial charge in [-0.15, -0.1) is 0 Å². The number of aryl methyl sites for hydroxylation is 2. The minimum absolute atomic E-state index is 1.13. The normalized spacial score (nSPS) is 16.6. The lowest BCUT2D eigenvalue weighted by atomic mass is 10.1. The molecule has 3 rings (SSSR count). The third kappa shape index (κ3) is 1.12. The largest absolute Gasteiger partial charge is 0.277 e. The lowest BCUT2D eigenvalue weighted by Gasteiger charge is -2.04. The maximum Gasteiger partial charge on any atom is 0.0715 e. The summed E-state index contributed by atoms with van der Waals surface area (Å²) in [6.45, 7) is 0. The topological polar surface area (TPSA) is 41.6 Å². The maximum atomic E-state index is 4.52. The third-order valence-electron chi connectivity index (χ3n) is 3.02. The molecule has 0 fully saturated rings. The van der Waals surface area contributed by atoms with E-state index >= 15 is 0 Å². The van der Waals surface area contributed by atoms with Gasteiger partial charge >= 0.3 is 0 Å². The second-order valence-electron chi connectivity index (χ2n) is 3.94. The number of aromatic amines is 1. The van der Waals surface area contributed by atoms with Crippen molar-refractivity contribution in [3.05, 3.63) is 23.7 Å². The standard InChI is InChI=1S/C11H13N3/c1-2-4-9-10(5-3-1)12-6-8-7-13-14-11(8)9/h6-7H,1-5H2,(H,13,14). The molecule has 0 saturated carbocycles. The van der Waals surface area contributed by atoms with Crippen LogP contribution in [-0.4, -0.2) is 15.2 Å². The van der Waals surface area contributed by atoms with Gasteiger partial charge in [-0.25, -0.2) is 0 Å². The van der Waals surface area contributed by atoms with Crippen LogP contribution < -0.4 is 0 Å². The number of fused-ring (bicyclic) bond motifs is 3. The van der Waals surface area contributed by atoms with Crippen LogP contribution in [-0.2, 0) is 12.8 Å². The first kappa shape index (κ1) is 7.97. The van der Waals surface area contributed by atoms with E-state index in [1.165, 1.54) is 36.0 Å². The van der Waals surface area contributed by atoms with Crippen molar-refractivity contribution in [2.75, 3.05) is 0 Å². The third-order valence-corrected chi connectivity index (χ3v) is 3.02. The Morgan fingerprint density at radius 1 is 1.07 bits per heavy atom. The molecule has 0 aromatic carbocycles. The van der Waals surface area contributed by atoms with Crippen LogP contribution in [0.1, 0.15) is 30.5 Å². The van der Waals surface area contributed by atoms with Gasteiger partial charge < -0.3 is 0 Å². The Morgan fingerprint density at radius 2 is 2.00 bits per heavy atom. The number of nitrogens with zero attached hydrogens (tertiary/aromatic N) is 2. The number of hydrogen-bond acceptors (Lipinski definition) is 2. The molecular formula is C11H13N3. The summed E-state index contributed by atoms with van der Waals surface area (Å²) in [5, 5.41) is 8.30. The molecule has 0 amide bonds. The summed E-state index contributed by atoms with van der Waals surface area (Å²) in [4.78, 5) is 4.52. The van der Waals surface area contributed by atoms with E-state index in [0.29, 0.717) is 0 Å². The molecule has 0 radical (unpaired) electrons. The van der Waals surface area contributed by atoms with Crippen LogP contribution in [0.15, 0.2) is 12.4 Å². The first-order valence-corrected chi connectivity index (χ1v) is 5.25. The minimum Gasteiger partial charge on any atom is -0.277 e. The molecule has 3 nitrogen and oxygen atoms in total. The molecule has 2 aromatic rings. The highest BCUT2D eigenvalue weighted by molar-refractivity contribution is 5.81. The zero-order chi connectivity index (χ0) is 9.38. The Morgan fingerprint density at radius 3 is 3.00 bits per heavy atom. The molecule has 72 valence electrons. The summed E-state index contributed by atoms with van der Waals surface area (Å²) in [5.74, 6) is 0. The Kier molecular flexibility index (Phi) is 1.76. The number of hydrogen-bond donors (Lipinski definition) is 1. The molecule has 0 unspecified atom stereocenters. The van der Waals surface area contributed by atoms with Gasteiger partial charge in [-0.1, -0.05) is 6.42 Å². The van der Waals surface area contributed by atoms with Crippen molar-refractivity contribution in [1.82, 2.24) is 15.2 Å². The number of rotatable bonds is 0. The molecule has 0 spiro atoms. The fraction of sp³-hybridized carbons (Fsp3) is 0.455. The van der Waals surface area contributed by atoms with Crippen LogP contribution in [0.2, 0.25) is 0 Å². The summed E-state index contributed by atoms with van der Waals surface area (Å²) in [5.41, 5.74) is 3.88. The Labute approximate surface area is 82.5 Å². The van der Waals surface area contributed by atoms with Gasteiger partial charge in [0.05, 0.1) is 11.7 Å². The van der Waals surface area contributed by atoms with Gasteiger partial charge in [0, 0.05) is 17.3 Å². The van der Waals surface area contributed by atoms with Crippen LogP contribution in [0.5, 0.6) is 0 Å². The number of nitrogens with one attached hydrogen (secondary N) is 1. The summed E-state index contributed by atoms with van der Waals surface area (Å²) >= 11 is 0. The SMILES string of the molecule is c1n[nH]c2c3c(ncc12)CCCCC3. The summed E-state index contributed by atoms with van der Waals surface area (Å²) in [6.07, 6.45) is 9.96. The van der Waals surface area contributed by atoms with Gasteiger partial charge in [0.2, 0.25) is 0 Å². The van der Waals surface area contributed by atoms with E-state index in [1.807, 2.05) is 12.4 Å². The molecule has 0 atom stereocenters. The van der Waals surface area contributed by atoms with Gasteiger partial charge in [-0.2, -0.15) is 5.10 Å². The lowest BCUT2D eigenvalue weighted by molar-refractivity contribution is 0.709. The summed E-state index contributed by atoms with van der Waals surface area (Å²) < 4.78 is 0. The molecule has 2 aromatic heterocycles. The predicted octanol–water partition coefficient (Wildman–Crippen LogP) is 2.23. The van der Waals surface area contributed by atoms with Crippen molar-refractivity contribution >= 4 is 10.9 Å². The first-order valence-electron chi connectivity index (χ1n) is 5.25. The van der Waals surface area contributed by atoms with E-state index in [1.54, 1.807) is 0 Å². The first-order chi connectivity index (χ1) is 6.95. The number of pyridine rings is 1. The second kappa shape index (κ2) is 3.08. The Hall–Kier alpha value is -1.38. The molecule has 0 saturated heterocycles. The zero-order valence-corrected chi connectivity index (χ0v) is 8.08. The van der Waals surface area contributed by atoms with Crippen molar-refractivity contribution < 1.29 is 0 Å². The smallest absolute Gasteiger partial charge is 0.0715 e. The van der Waals surface area contributed by atoms with Crippen LogP contribution in [0.25, 0.3) is 10.9 Å². The maximum absolute atomic E-state index is 4.52. The number of aromatic nitrogens is 3. The van der Waals surface area contributed by atoms with Crippen molar-refractivity contribution in [3.63, 3.8) is 0 Å². The molecule has 3 heteroatoms. The van der Waals surface area contributed by atoms with E-state index in [2.05, 4.69) is 15.2 Å². The van der Waals surface area contributed by atoms with Gasteiger partial charge in [-0.05, 0) is 31.2 Å². The molecule has 2 heterocycles. The van der Waals surface area contributed by atoms with E-state index < -0.39 is 0 Å². The zero-order valence-electron chi connectivity index (χ0n) is 8.08. The van der Waals surface area contributed by atoms with Crippen LogP contribution in [0.4, 0.5) is 0 Å². The quantitative estimate of drug-likeness (QED) is 0.642. The Bertz CT molecular complexity index is 459. The van der Waals surface area contributed by atoms with Crippen LogP contribution >= 0.6 is 0 Å². The van der Waals surface area contributed by atoms with E-state index in [-0.39, 0.29) is 0 Å². The average molecular weight is 187 g/mol. The minimum atomic E-state index is 1.13. The molecule has 14 heavy (non-hydrogen) atoms. The lowest BCUT2D eigenvalue weighted by Crippen LogP contribution is -1.95. The van der Waals surface area contributed by atoms with Crippen molar-refractivity contribution in [2.24, 2.45) is 0 Å². The van der Waals surface area contributed by atoms with Gasteiger partial charge in [0.1, 0.15) is 0 Å². The highest BCUT2D eigenvalue weighted by Gasteiger charge is 2.13. The molecule has 1 aliphatic rings. The van der Waals surface area contributed by atoms with Crippen LogP contribution in [0, 0.1) is 0 Å². The number of H-pyrrole nitrogens is 1. The molecule has 1 aliphatic carbocycles. The van der Waals surface area contributed by atoms with E-state index in [4.69, 9.17) is 0 Å². The van der Waals surface area contributed by atoms with Crippen molar-refractivity contribution in [2.45, 2.75) is 32.1 Å². The van der Waals surface area contributed by atoms with Crippen LogP contribution in [0.3, 0.4) is 0 Å². The van der Waals surface area contributed by atoms with Gasteiger partial charge in [0.25, 0.3) is 0 Å². The predicted molar refractivity (Wildman–Crippen MR) is 55.1 cm³/mol. The summed E-state index contributed by atoms with van der Waals surface area (Å²) in [6, 6.07) is 0. The van der Waals surface area contributed by atoms with E-state index in [0.717, 1.165) is 18.2 Å². The monoisotopic (exact) mass is 187 g/mol. The average Bonchev–Trinajstić information content (AvgIpc) is 2.55. The fourth-order valence-electron chi connectivity index (χ4n) is 2.26. The highest BCUT2D eigenvalue weighted by Crippen LogP contribution is 2.24. The molecular weight excluding hydrogens is 174 g/mol. The second-order valence-corrected chi connectivity index (χ2v) is 3.94. The molecule has 0 bridgehead atoms. The van der Waals surface area contributed by atoms with Crippen molar-refractivity contribution in [1.29, 1.82) is 0 Å². The highest BCUT2D eigenvalue weighted by atomic mass is 15.1. The summed E-state index contributed by atoms with van der Waals surface area (Å²) in [7, 11) is 0.